The molecule has 2 heterocycles. The SMILES string of the molecule is CC1OC(OC2C(O)C(OCc3ccccc3)OC(CO)C2OC(=O)C=Cc2ccc(O)c(O)c2)C(O)C(O)C1O. The number of phenolic OH excluding ortho intramolecular Hbond substituents is 2. The topological polar surface area (TPSA) is 205 Å². The number of ether oxygens (including phenoxy) is 5. The summed E-state index contributed by atoms with van der Waals surface area (Å²) in [6.07, 6.45) is -12.2. The molecule has 13 heteroatoms. The first kappa shape index (κ1) is 30.8. The summed E-state index contributed by atoms with van der Waals surface area (Å²) in [5.74, 6) is -1.68. The van der Waals surface area contributed by atoms with E-state index in [2.05, 4.69) is 0 Å². The molecule has 10 atom stereocenters. The molecule has 0 bridgehead atoms. The summed E-state index contributed by atoms with van der Waals surface area (Å²) < 4.78 is 28.3. The number of phenols is 2. The van der Waals surface area contributed by atoms with Crippen LogP contribution >= 0.6 is 0 Å². The Morgan fingerprint density at radius 3 is 2.29 bits per heavy atom. The first-order valence-corrected chi connectivity index (χ1v) is 12.9. The fourth-order valence-corrected chi connectivity index (χ4v) is 4.49. The molecule has 224 valence electrons. The zero-order valence-corrected chi connectivity index (χ0v) is 22.0. The van der Waals surface area contributed by atoms with E-state index < -0.39 is 79.7 Å². The highest BCUT2D eigenvalue weighted by atomic mass is 16.7. The molecule has 7 N–H and O–H groups in total. The van der Waals surface area contributed by atoms with Crippen molar-refractivity contribution in [2.75, 3.05) is 6.61 Å². The Labute approximate surface area is 235 Å². The molecule has 4 rings (SSSR count). The van der Waals surface area contributed by atoms with Gasteiger partial charge in [0.2, 0.25) is 0 Å². The van der Waals surface area contributed by atoms with Gasteiger partial charge in [-0.1, -0.05) is 36.4 Å². The van der Waals surface area contributed by atoms with Gasteiger partial charge in [-0.05, 0) is 36.3 Å². The number of esters is 1. The minimum Gasteiger partial charge on any atom is -0.504 e. The number of aromatic hydroxyl groups is 2. The summed E-state index contributed by atoms with van der Waals surface area (Å²) in [6.45, 7) is 0.782. The van der Waals surface area contributed by atoms with E-state index in [0.717, 1.165) is 11.6 Å². The zero-order chi connectivity index (χ0) is 29.7. The summed E-state index contributed by atoms with van der Waals surface area (Å²) in [7, 11) is 0. The van der Waals surface area contributed by atoms with Crippen LogP contribution in [0.15, 0.2) is 54.6 Å². The predicted molar refractivity (Wildman–Crippen MR) is 139 cm³/mol. The van der Waals surface area contributed by atoms with Gasteiger partial charge in [-0.3, -0.25) is 0 Å². The molecule has 0 aromatic heterocycles. The van der Waals surface area contributed by atoms with Crippen LogP contribution in [0.4, 0.5) is 0 Å². The quantitative estimate of drug-likeness (QED) is 0.114. The van der Waals surface area contributed by atoms with Crippen molar-refractivity contribution >= 4 is 12.0 Å². The number of benzene rings is 2. The molecule has 10 unspecified atom stereocenters. The van der Waals surface area contributed by atoms with Crippen molar-refractivity contribution in [2.45, 2.75) is 74.9 Å². The van der Waals surface area contributed by atoms with Crippen molar-refractivity contribution in [3.8, 4) is 11.5 Å². The van der Waals surface area contributed by atoms with E-state index in [1.165, 1.54) is 31.2 Å². The molecule has 0 spiro atoms. The summed E-state index contributed by atoms with van der Waals surface area (Å²) in [4.78, 5) is 12.8. The fourth-order valence-electron chi connectivity index (χ4n) is 4.49. The van der Waals surface area contributed by atoms with E-state index in [1.807, 2.05) is 6.07 Å². The van der Waals surface area contributed by atoms with E-state index in [1.54, 1.807) is 24.3 Å². The maximum atomic E-state index is 12.8. The zero-order valence-electron chi connectivity index (χ0n) is 22.0. The summed E-state index contributed by atoms with van der Waals surface area (Å²) in [5, 5.41) is 71.2. The molecular formula is C28H34O13. The average Bonchev–Trinajstić information content (AvgIpc) is 2.97. The molecule has 2 aliphatic rings. The third-order valence-electron chi connectivity index (χ3n) is 6.81. The minimum absolute atomic E-state index is 0.0184. The molecule has 0 amide bonds. The van der Waals surface area contributed by atoms with Gasteiger partial charge >= 0.3 is 5.97 Å². The van der Waals surface area contributed by atoms with Crippen LogP contribution in [-0.4, -0.2) is 110 Å². The lowest BCUT2D eigenvalue weighted by Crippen LogP contribution is -2.65. The number of hydrogen-bond acceptors (Lipinski definition) is 13. The first-order valence-electron chi connectivity index (χ1n) is 12.9. The van der Waals surface area contributed by atoms with Crippen LogP contribution in [-0.2, 0) is 35.1 Å². The Hall–Kier alpha value is -3.11. The van der Waals surface area contributed by atoms with Crippen LogP contribution in [0, 0.1) is 0 Å². The summed E-state index contributed by atoms with van der Waals surface area (Å²) in [6, 6.07) is 12.9. The van der Waals surface area contributed by atoms with Gasteiger partial charge < -0.3 is 59.4 Å². The maximum Gasteiger partial charge on any atom is 0.331 e. The average molecular weight is 579 g/mol. The Morgan fingerprint density at radius 2 is 1.61 bits per heavy atom. The van der Waals surface area contributed by atoms with Gasteiger partial charge in [0.25, 0.3) is 0 Å². The number of aliphatic hydroxyl groups excluding tert-OH is 5. The second-order valence-corrected chi connectivity index (χ2v) is 9.78. The smallest absolute Gasteiger partial charge is 0.331 e. The standard InChI is InChI=1S/C28H34O13/c1-14-21(33)22(34)23(35)28(38-14)41-26-24(36)27(37-13-16-5-3-2-4-6-16)39-19(12-29)25(26)40-20(32)10-8-15-7-9-17(30)18(31)11-15/h2-11,14,19,21-31,33-36H,12-13H2,1H3. The monoisotopic (exact) mass is 578 g/mol. The van der Waals surface area contributed by atoms with E-state index in [4.69, 9.17) is 23.7 Å². The van der Waals surface area contributed by atoms with Gasteiger partial charge in [-0.15, -0.1) is 0 Å². The van der Waals surface area contributed by atoms with Crippen molar-refractivity contribution in [3.05, 3.63) is 65.7 Å². The second-order valence-electron chi connectivity index (χ2n) is 9.78. The van der Waals surface area contributed by atoms with Crippen LogP contribution in [0.2, 0.25) is 0 Å². The van der Waals surface area contributed by atoms with Gasteiger partial charge in [-0.2, -0.15) is 0 Å². The van der Waals surface area contributed by atoms with Crippen molar-refractivity contribution < 1.29 is 64.2 Å². The number of rotatable bonds is 9. The lowest BCUT2D eigenvalue weighted by Gasteiger charge is -2.46. The molecule has 2 aromatic rings. The number of carbonyl (C=O) groups is 1. The molecule has 2 aromatic carbocycles. The highest BCUT2D eigenvalue weighted by Gasteiger charge is 2.52. The van der Waals surface area contributed by atoms with E-state index in [9.17, 15) is 40.5 Å². The lowest BCUT2D eigenvalue weighted by molar-refractivity contribution is -0.358. The maximum absolute atomic E-state index is 12.8. The first-order chi connectivity index (χ1) is 19.6. The molecule has 13 nitrogen and oxygen atoms in total. The molecule has 2 fully saturated rings. The van der Waals surface area contributed by atoms with Gasteiger partial charge in [-0.25, -0.2) is 4.79 Å². The van der Waals surface area contributed by atoms with Crippen molar-refractivity contribution in [2.24, 2.45) is 0 Å². The van der Waals surface area contributed by atoms with Gasteiger partial charge in [0.1, 0.15) is 36.6 Å². The van der Waals surface area contributed by atoms with E-state index in [-0.39, 0.29) is 12.4 Å². The Balaban J connectivity index is 1.55. The van der Waals surface area contributed by atoms with Crippen molar-refractivity contribution in [1.82, 2.24) is 0 Å². The predicted octanol–water partition coefficient (Wildman–Crippen LogP) is -0.470. The Kier molecular flexibility index (Phi) is 10.3. The molecule has 0 aliphatic carbocycles. The van der Waals surface area contributed by atoms with Crippen molar-refractivity contribution in [3.63, 3.8) is 0 Å². The van der Waals surface area contributed by atoms with Gasteiger partial charge in [0, 0.05) is 6.08 Å². The van der Waals surface area contributed by atoms with Crippen molar-refractivity contribution in [1.29, 1.82) is 0 Å². The normalized spacial score (nSPS) is 34.0. The fraction of sp³-hybridized carbons (Fsp3) is 0.464. The third-order valence-corrected chi connectivity index (χ3v) is 6.81. The Morgan fingerprint density at radius 1 is 0.878 bits per heavy atom. The molecule has 0 radical (unpaired) electrons. The number of hydrogen-bond donors (Lipinski definition) is 7. The minimum atomic E-state index is -1.73. The van der Waals surface area contributed by atoms with Crippen LogP contribution in [0.5, 0.6) is 11.5 Å². The van der Waals surface area contributed by atoms with Crippen LogP contribution in [0.25, 0.3) is 6.08 Å². The molecule has 0 saturated carbocycles. The molecule has 2 aliphatic heterocycles. The summed E-state index contributed by atoms with van der Waals surface area (Å²) in [5.41, 5.74) is 1.12. The third kappa shape index (κ3) is 7.40. The Bertz CT molecular complexity index is 1170. The van der Waals surface area contributed by atoms with Gasteiger partial charge in [0.05, 0.1) is 19.3 Å². The van der Waals surface area contributed by atoms with Gasteiger partial charge in [0.15, 0.2) is 30.2 Å². The van der Waals surface area contributed by atoms with Crippen LogP contribution in [0.1, 0.15) is 18.1 Å². The van der Waals surface area contributed by atoms with E-state index in [0.29, 0.717) is 5.56 Å². The number of aliphatic hydroxyl groups is 5. The molecule has 41 heavy (non-hydrogen) atoms. The number of carbonyl (C=O) groups excluding carboxylic acids is 1. The van der Waals surface area contributed by atoms with E-state index >= 15 is 0 Å². The summed E-state index contributed by atoms with van der Waals surface area (Å²) >= 11 is 0. The highest BCUT2D eigenvalue weighted by Crippen LogP contribution is 2.32. The van der Waals surface area contributed by atoms with Crippen LogP contribution in [0.3, 0.4) is 0 Å². The highest BCUT2D eigenvalue weighted by molar-refractivity contribution is 5.87. The lowest BCUT2D eigenvalue weighted by atomic mass is 9.97. The molecular weight excluding hydrogens is 544 g/mol. The largest absolute Gasteiger partial charge is 0.504 e. The second kappa shape index (κ2) is 13.7. The molecule has 2 saturated heterocycles. The van der Waals surface area contributed by atoms with Crippen LogP contribution < -0.4 is 0 Å².